The molecule has 9 nitrogen and oxygen atoms in total. The molecule has 0 spiro atoms. The molecule has 3 aromatic rings. The van der Waals surface area contributed by atoms with Crippen molar-refractivity contribution in [2.45, 2.75) is 13.8 Å². The van der Waals surface area contributed by atoms with Crippen LogP contribution in [0.2, 0.25) is 0 Å². The number of nitrogens with zero attached hydrogens (tertiary/aromatic N) is 5. The summed E-state index contributed by atoms with van der Waals surface area (Å²) in [5.74, 6) is -0.511. The lowest BCUT2D eigenvalue weighted by Gasteiger charge is -2.29. The van der Waals surface area contributed by atoms with Gasteiger partial charge in [0, 0.05) is 43.4 Å². The highest BCUT2D eigenvalue weighted by molar-refractivity contribution is 6.03. The maximum atomic E-state index is 13.1. The van der Waals surface area contributed by atoms with Gasteiger partial charge in [-0.3, -0.25) is 9.59 Å². The van der Waals surface area contributed by atoms with Crippen LogP contribution in [0, 0.1) is 6.92 Å². The average molecular weight is 422 g/mol. The predicted molar refractivity (Wildman–Crippen MR) is 117 cm³/mol. The van der Waals surface area contributed by atoms with Crippen LogP contribution in [-0.2, 0) is 9.53 Å². The van der Waals surface area contributed by atoms with Crippen molar-refractivity contribution in [2.24, 2.45) is 0 Å². The van der Waals surface area contributed by atoms with Gasteiger partial charge in [0.2, 0.25) is 5.91 Å². The molecule has 1 aliphatic rings. The number of likely N-dealkylation sites (N-methyl/N-ethyl adjacent to an activating group) is 1. The number of carbonyl (C=O) groups excluding carboxylic acids is 2. The van der Waals surface area contributed by atoms with Crippen molar-refractivity contribution in [3.63, 3.8) is 0 Å². The van der Waals surface area contributed by atoms with Crippen LogP contribution in [-0.4, -0.2) is 70.7 Å². The summed E-state index contributed by atoms with van der Waals surface area (Å²) in [5.41, 5.74) is 3.29. The van der Waals surface area contributed by atoms with Gasteiger partial charge in [0.15, 0.2) is 5.65 Å². The smallest absolute Gasteiger partial charge is 0.260 e. The van der Waals surface area contributed by atoms with Gasteiger partial charge in [-0.05, 0) is 44.2 Å². The molecule has 1 aliphatic heterocycles. The van der Waals surface area contributed by atoms with E-state index in [1.807, 2.05) is 31.2 Å². The molecule has 2 amide bonds. The van der Waals surface area contributed by atoms with Gasteiger partial charge in [-0.25, -0.2) is 9.50 Å². The first-order valence-electron chi connectivity index (χ1n) is 10.4. The molecule has 1 N–H and O–H groups in total. The lowest BCUT2D eigenvalue weighted by molar-refractivity contribution is -0.116. The maximum absolute atomic E-state index is 13.1. The third-order valence-corrected chi connectivity index (χ3v) is 5.31. The van der Waals surface area contributed by atoms with Gasteiger partial charge in [-0.1, -0.05) is 0 Å². The quantitative estimate of drug-likeness (QED) is 0.653. The van der Waals surface area contributed by atoms with Crippen molar-refractivity contribution in [3.8, 4) is 0 Å². The van der Waals surface area contributed by atoms with Crippen molar-refractivity contribution in [1.82, 2.24) is 19.5 Å². The first kappa shape index (κ1) is 20.8. The number of nitrogens with one attached hydrogen (secondary N) is 1. The van der Waals surface area contributed by atoms with Gasteiger partial charge < -0.3 is 19.9 Å². The average Bonchev–Trinajstić information content (AvgIpc) is 3.13. The Morgan fingerprint density at radius 2 is 1.94 bits per heavy atom. The van der Waals surface area contributed by atoms with Crippen LogP contribution in [0.4, 0.5) is 11.4 Å². The van der Waals surface area contributed by atoms with Crippen LogP contribution < -0.4 is 10.2 Å². The Morgan fingerprint density at radius 1 is 1.19 bits per heavy atom. The highest BCUT2D eigenvalue weighted by atomic mass is 16.5. The number of fused-ring (bicyclic) bond motifs is 1. The Labute approximate surface area is 180 Å². The predicted octanol–water partition coefficient (Wildman–Crippen LogP) is 1.98. The maximum Gasteiger partial charge on any atom is 0.260 e. The van der Waals surface area contributed by atoms with E-state index in [0.717, 1.165) is 32.0 Å². The Morgan fingerprint density at radius 3 is 2.65 bits per heavy atom. The topological polar surface area (TPSA) is 92.1 Å². The summed E-state index contributed by atoms with van der Waals surface area (Å²) >= 11 is 0. The van der Waals surface area contributed by atoms with E-state index in [2.05, 4.69) is 20.3 Å². The van der Waals surface area contributed by atoms with E-state index in [1.165, 1.54) is 4.90 Å². The molecule has 0 unspecified atom stereocenters. The van der Waals surface area contributed by atoms with E-state index < -0.39 is 0 Å². The number of amides is 2. The second-order valence-electron chi connectivity index (χ2n) is 7.36. The molecule has 162 valence electrons. The molecule has 0 bridgehead atoms. The lowest BCUT2D eigenvalue weighted by Crippen LogP contribution is -2.38. The van der Waals surface area contributed by atoms with E-state index >= 15 is 0 Å². The normalized spacial score (nSPS) is 13.9. The number of aryl methyl sites for hydroxylation is 1. The van der Waals surface area contributed by atoms with Gasteiger partial charge in [-0.15, -0.1) is 0 Å². The summed E-state index contributed by atoms with van der Waals surface area (Å²) in [4.78, 5) is 33.8. The van der Waals surface area contributed by atoms with Crippen LogP contribution in [0.1, 0.15) is 23.0 Å². The van der Waals surface area contributed by atoms with Crippen LogP contribution in [0.15, 0.2) is 42.7 Å². The van der Waals surface area contributed by atoms with Crippen LogP contribution in [0.25, 0.3) is 5.65 Å². The Balaban J connectivity index is 1.42. The van der Waals surface area contributed by atoms with Crippen molar-refractivity contribution >= 4 is 28.8 Å². The fourth-order valence-corrected chi connectivity index (χ4v) is 3.68. The third-order valence-electron chi connectivity index (χ3n) is 5.31. The number of ether oxygens (including phenoxy) is 1. The van der Waals surface area contributed by atoms with Crippen LogP contribution in [0.3, 0.4) is 0 Å². The van der Waals surface area contributed by atoms with Gasteiger partial charge in [-0.2, -0.15) is 5.10 Å². The largest absolute Gasteiger partial charge is 0.378 e. The first-order valence-corrected chi connectivity index (χ1v) is 10.4. The van der Waals surface area contributed by atoms with Crippen molar-refractivity contribution in [3.05, 3.63) is 54.0 Å². The number of benzene rings is 1. The zero-order valence-corrected chi connectivity index (χ0v) is 17.7. The van der Waals surface area contributed by atoms with Crippen LogP contribution in [0.5, 0.6) is 0 Å². The fourth-order valence-electron chi connectivity index (χ4n) is 3.68. The number of aromatic nitrogens is 3. The summed E-state index contributed by atoms with van der Waals surface area (Å²) in [6, 6.07) is 9.47. The molecule has 0 aliphatic carbocycles. The Kier molecular flexibility index (Phi) is 6.13. The third kappa shape index (κ3) is 4.51. The van der Waals surface area contributed by atoms with E-state index in [-0.39, 0.29) is 18.4 Å². The minimum absolute atomic E-state index is 0.0514. The summed E-state index contributed by atoms with van der Waals surface area (Å²) in [5, 5.41) is 7.22. The van der Waals surface area contributed by atoms with Gasteiger partial charge in [0.05, 0.1) is 18.9 Å². The molecule has 9 heteroatoms. The molecule has 4 rings (SSSR count). The molecule has 1 saturated heterocycles. The molecule has 31 heavy (non-hydrogen) atoms. The molecule has 1 fully saturated rings. The first-order chi connectivity index (χ1) is 15.1. The van der Waals surface area contributed by atoms with Crippen molar-refractivity contribution in [1.29, 1.82) is 0 Å². The molecular formula is C22H26N6O3. The molecule has 0 atom stereocenters. The van der Waals surface area contributed by atoms with E-state index in [1.54, 1.807) is 29.9 Å². The summed E-state index contributed by atoms with van der Waals surface area (Å²) < 4.78 is 6.96. The zero-order valence-electron chi connectivity index (χ0n) is 17.7. The summed E-state index contributed by atoms with van der Waals surface area (Å²) in [6.45, 7) is 7.12. The minimum Gasteiger partial charge on any atom is -0.378 e. The van der Waals surface area contributed by atoms with Crippen molar-refractivity contribution < 1.29 is 14.3 Å². The molecule has 0 radical (unpaired) electrons. The summed E-state index contributed by atoms with van der Waals surface area (Å²) in [6.07, 6.45) is 3.37. The molecule has 3 heterocycles. The van der Waals surface area contributed by atoms with E-state index in [4.69, 9.17) is 4.74 Å². The second-order valence-corrected chi connectivity index (χ2v) is 7.36. The van der Waals surface area contributed by atoms with E-state index in [0.29, 0.717) is 29.1 Å². The number of anilines is 2. The molecule has 1 aromatic carbocycles. The number of hydrogen-bond acceptors (Lipinski definition) is 6. The van der Waals surface area contributed by atoms with Crippen LogP contribution >= 0.6 is 0 Å². The minimum atomic E-state index is -0.258. The second kappa shape index (κ2) is 9.13. The van der Waals surface area contributed by atoms with Gasteiger partial charge >= 0.3 is 0 Å². The molecule has 2 aromatic heterocycles. The highest BCUT2D eigenvalue weighted by Crippen LogP contribution is 2.19. The highest BCUT2D eigenvalue weighted by Gasteiger charge is 2.24. The lowest BCUT2D eigenvalue weighted by atomic mass is 10.2. The number of morpholine rings is 1. The van der Waals surface area contributed by atoms with E-state index in [9.17, 15) is 9.59 Å². The molecular weight excluding hydrogens is 396 g/mol. The number of rotatable bonds is 6. The zero-order chi connectivity index (χ0) is 21.8. The van der Waals surface area contributed by atoms with Gasteiger partial charge in [0.1, 0.15) is 12.1 Å². The Bertz CT molecular complexity index is 1070. The standard InChI is InChI=1S/C22H26N6O3/c1-3-26(22(30)20-16(2)25-28-10-4-9-23-21(20)28)15-19(29)24-17-5-7-18(8-6-17)27-11-13-31-14-12-27/h4-10H,3,11-15H2,1-2H3,(H,24,29). The fraction of sp³-hybridized carbons (Fsp3) is 0.364. The SMILES string of the molecule is CCN(CC(=O)Nc1ccc(N2CCOCC2)cc1)C(=O)c1c(C)nn2cccnc12. The molecule has 0 saturated carbocycles. The Hall–Kier alpha value is -3.46. The van der Waals surface area contributed by atoms with Crippen molar-refractivity contribution in [2.75, 3.05) is 49.6 Å². The number of hydrogen-bond donors (Lipinski definition) is 1. The summed E-state index contributed by atoms with van der Waals surface area (Å²) in [7, 11) is 0. The van der Waals surface area contributed by atoms with Gasteiger partial charge in [0.25, 0.3) is 5.91 Å². The number of carbonyl (C=O) groups is 2. The monoisotopic (exact) mass is 422 g/mol.